The second kappa shape index (κ2) is 6.96. The van der Waals surface area contributed by atoms with Crippen molar-refractivity contribution < 1.29 is 9.47 Å². The number of methoxy groups -OCH3 is 2. The van der Waals surface area contributed by atoms with Crippen LogP contribution in [0.4, 0.5) is 0 Å². The van der Waals surface area contributed by atoms with Gasteiger partial charge in [0.25, 0.3) is 5.56 Å². The zero-order chi connectivity index (χ0) is 18.8. The van der Waals surface area contributed by atoms with Gasteiger partial charge in [-0.1, -0.05) is 54.6 Å². The highest BCUT2D eigenvalue weighted by Gasteiger charge is 2.14. The van der Waals surface area contributed by atoms with Gasteiger partial charge in [0.2, 0.25) is 0 Å². The number of hydrogen-bond donors (Lipinski definition) is 1. The third kappa shape index (κ3) is 3.04. The molecule has 0 unspecified atom stereocenters. The summed E-state index contributed by atoms with van der Waals surface area (Å²) in [6, 6.07) is 21.3. The number of ether oxygens (including phenoxy) is 2. The van der Waals surface area contributed by atoms with Gasteiger partial charge in [-0.25, -0.2) is 4.98 Å². The van der Waals surface area contributed by atoms with Crippen LogP contribution in [-0.4, -0.2) is 24.2 Å². The Balaban J connectivity index is 1.95. The summed E-state index contributed by atoms with van der Waals surface area (Å²) in [6.45, 7) is 0. The van der Waals surface area contributed by atoms with Gasteiger partial charge in [-0.05, 0) is 17.2 Å². The van der Waals surface area contributed by atoms with E-state index in [1.807, 2.05) is 54.6 Å². The molecule has 0 fully saturated rings. The molecule has 4 rings (SSSR count). The highest BCUT2D eigenvalue weighted by atomic mass is 16.5. The number of nitrogens with zero attached hydrogens (tertiary/aromatic N) is 1. The number of hydrogen-bond acceptors (Lipinski definition) is 4. The molecule has 3 aromatic carbocycles. The average Bonchev–Trinajstić information content (AvgIpc) is 2.73. The molecule has 0 aliphatic carbocycles. The fourth-order valence-corrected chi connectivity index (χ4v) is 3.15. The van der Waals surface area contributed by atoms with Crippen LogP contribution < -0.4 is 15.0 Å². The first-order valence-corrected chi connectivity index (χ1v) is 8.52. The number of fused-ring (bicyclic) bond motifs is 1. The summed E-state index contributed by atoms with van der Waals surface area (Å²) in [6.07, 6.45) is 0. The molecule has 1 N–H and O–H groups in total. The van der Waals surface area contributed by atoms with Crippen molar-refractivity contribution in [2.75, 3.05) is 14.2 Å². The summed E-state index contributed by atoms with van der Waals surface area (Å²) in [7, 11) is 3.10. The largest absolute Gasteiger partial charge is 0.493 e. The van der Waals surface area contributed by atoms with Gasteiger partial charge in [0, 0.05) is 11.6 Å². The molecule has 0 aliphatic heterocycles. The van der Waals surface area contributed by atoms with E-state index in [2.05, 4.69) is 9.97 Å². The van der Waals surface area contributed by atoms with E-state index in [1.165, 1.54) is 7.11 Å². The minimum Gasteiger partial charge on any atom is -0.493 e. The molecule has 5 heteroatoms. The number of H-pyrrole nitrogens is 1. The van der Waals surface area contributed by atoms with Crippen molar-refractivity contribution in [2.45, 2.75) is 0 Å². The predicted molar refractivity (Wildman–Crippen MR) is 106 cm³/mol. The lowest BCUT2D eigenvalue weighted by atomic mass is 9.99. The molecule has 0 amide bonds. The van der Waals surface area contributed by atoms with Crippen LogP contribution in [0.5, 0.6) is 11.5 Å². The number of benzene rings is 3. The van der Waals surface area contributed by atoms with E-state index in [-0.39, 0.29) is 5.56 Å². The van der Waals surface area contributed by atoms with E-state index in [1.54, 1.807) is 19.2 Å². The number of aromatic nitrogens is 2. The Labute approximate surface area is 156 Å². The third-order valence-electron chi connectivity index (χ3n) is 4.48. The molecule has 0 spiro atoms. The Bertz CT molecular complexity index is 1170. The Kier molecular flexibility index (Phi) is 4.34. The number of aromatic amines is 1. The van der Waals surface area contributed by atoms with Gasteiger partial charge in [-0.15, -0.1) is 0 Å². The first kappa shape index (κ1) is 16.8. The summed E-state index contributed by atoms with van der Waals surface area (Å²) in [4.78, 5) is 20.3. The second-order valence-electron chi connectivity index (χ2n) is 6.05. The van der Waals surface area contributed by atoms with Crippen molar-refractivity contribution in [3.05, 3.63) is 77.1 Å². The van der Waals surface area contributed by atoms with Gasteiger partial charge >= 0.3 is 0 Å². The van der Waals surface area contributed by atoms with E-state index in [0.717, 1.165) is 16.7 Å². The highest BCUT2D eigenvalue weighted by molar-refractivity contribution is 5.86. The Morgan fingerprint density at radius 1 is 0.815 bits per heavy atom. The van der Waals surface area contributed by atoms with E-state index in [0.29, 0.717) is 28.2 Å². The lowest BCUT2D eigenvalue weighted by Crippen LogP contribution is -2.10. The lowest BCUT2D eigenvalue weighted by Gasteiger charge is -2.11. The maximum Gasteiger partial charge on any atom is 0.259 e. The Hall–Kier alpha value is -3.60. The van der Waals surface area contributed by atoms with Crippen molar-refractivity contribution in [3.8, 4) is 34.0 Å². The second-order valence-corrected chi connectivity index (χ2v) is 6.05. The minimum atomic E-state index is -0.223. The van der Waals surface area contributed by atoms with Crippen LogP contribution in [0.15, 0.2) is 71.5 Å². The van der Waals surface area contributed by atoms with Gasteiger partial charge in [0.15, 0.2) is 11.5 Å². The Morgan fingerprint density at radius 3 is 2.15 bits per heavy atom. The van der Waals surface area contributed by atoms with E-state index >= 15 is 0 Å². The first-order chi connectivity index (χ1) is 13.2. The predicted octanol–water partition coefficient (Wildman–Crippen LogP) is 4.27. The van der Waals surface area contributed by atoms with Crippen LogP contribution in [0.2, 0.25) is 0 Å². The molecule has 1 aromatic heterocycles. The fourth-order valence-electron chi connectivity index (χ4n) is 3.15. The summed E-state index contributed by atoms with van der Waals surface area (Å²) < 4.78 is 10.6. The summed E-state index contributed by atoms with van der Waals surface area (Å²) in [5.41, 5.74) is 3.25. The van der Waals surface area contributed by atoms with E-state index in [9.17, 15) is 4.79 Å². The summed E-state index contributed by atoms with van der Waals surface area (Å²) in [5, 5.41) is 0.452. The number of nitrogens with one attached hydrogen (secondary N) is 1. The van der Waals surface area contributed by atoms with E-state index in [4.69, 9.17) is 9.47 Å². The standard InChI is InChI=1S/C22H18N2O3/c1-26-19-12-17-18(13-20(19)27-2)23-21(24-22(17)25)16-11-7-6-10-15(16)14-8-4-3-5-9-14/h3-13H,1-2H3,(H,23,24,25). The molecule has 0 saturated carbocycles. The van der Waals surface area contributed by atoms with Crippen molar-refractivity contribution >= 4 is 10.9 Å². The van der Waals surface area contributed by atoms with Gasteiger partial charge in [0.1, 0.15) is 5.82 Å². The van der Waals surface area contributed by atoms with Crippen molar-refractivity contribution in [1.82, 2.24) is 9.97 Å². The van der Waals surface area contributed by atoms with Crippen molar-refractivity contribution in [1.29, 1.82) is 0 Å². The molecular weight excluding hydrogens is 340 g/mol. The third-order valence-corrected chi connectivity index (χ3v) is 4.48. The van der Waals surface area contributed by atoms with E-state index < -0.39 is 0 Å². The normalized spacial score (nSPS) is 10.7. The van der Waals surface area contributed by atoms with Gasteiger partial charge in [-0.2, -0.15) is 0 Å². The zero-order valence-corrected chi connectivity index (χ0v) is 15.0. The zero-order valence-electron chi connectivity index (χ0n) is 15.0. The molecule has 0 radical (unpaired) electrons. The van der Waals surface area contributed by atoms with Gasteiger partial charge in [0.05, 0.1) is 25.1 Å². The molecule has 4 aromatic rings. The SMILES string of the molecule is COc1cc2nc(-c3ccccc3-c3ccccc3)[nH]c(=O)c2cc1OC. The number of rotatable bonds is 4. The minimum absolute atomic E-state index is 0.223. The van der Waals surface area contributed by atoms with Gasteiger partial charge in [-0.3, -0.25) is 4.79 Å². The maximum atomic E-state index is 12.7. The molecule has 0 atom stereocenters. The average molecular weight is 358 g/mol. The molecule has 1 heterocycles. The van der Waals surface area contributed by atoms with Gasteiger partial charge < -0.3 is 14.5 Å². The summed E-state index contributed by atoms with van der Waals surface area (Å²) in [5.74, 6) is 1.54. The van der Waals surface area contributed by atoms with Crippen LogP contribution in [-0.2, 0) is 0 Å². The first-order valence-electron chi connectivity index (χ1n) is 8.52. The van der Waals surface area contributed by atoms with Crippen LogP contribution in [0.3, 0.4) is 0 Å². The highest BCUT2D eigenvalue weighted by Crippen LogP contribution is 2.33. The molecule has 5 nitrogen and oxygen atoms in total. The van der Waals surface area contributed by atoms with Crippen LogP contribution in [0.1, 0.15) is 0 Å². The smallest absolute Gasteiger partial charge is 0.259 e. The molecule has 134 valence electrons. The monoisotopic (exact) mass is 358 g/mol. The van der Waals surface area contributed by atoms with Crippen LogP contribution in [0, 0.1) is 0 Å². The molecule has 0 bridgehead atoms. The quantitative estimate of drug-likeness (QED) is 0.592. The van der Waals surface area contributed by atoms with Crippen molar-refractivity contribution in [2.24, 2.45) is 0 Å². The lowest BCUT2D eigenvalue weighted by molar-refractivity contribution is 0.355. The summed E-state index contributed by atoms with van der Waals surface area (Å²) >= 11 is 0. The maximum absolute atomic E-state index is 12.7. The van der Waals surface area contributed by atoms with Crippen LogP contribution >= 0.6 is 0 Å². The topological polar surface area (TPSA) is 64.2 Å². The van der Waals surface area contributed by atoms with Crippen LogP contribution in [0.25, 0.3) is 33.4 Å². The molecule has 0 aliphatic rings. The molecule has 27 heavy (non-hydrogen) atoms. The Morgan fingerprint density at radius 2 is 1.44 bits per heavy atom. The fraction of sp³-hybridized carbons (Fsp3) is 0.0909. The molecule has 0 saturated heterocycles. The van der Waals surface area contributed by atoms with Crippen molar-refractivity contribution in [3.63, 3.8) is 0 Å². The molecular formula is C22H18N2O3.